The molecule has 7 aromatic rings. The van der Waals surface area contributed by atoms with Crippen molar-refractivity contribution in [3.63, 3.8) is 0 Å². The fourth-order valence-electron chi connectivity index (χ4n) is 8.08. The second kappa shape index (κ2) is 16.7. The predicted molar refractivity (Wildman–Crippen MR) is 248 cm³/mol. The summed E-state index contributed by atoms with van der Waals surface area (Å²) in [6.07, 6.45) is 27.0. The normalized spacial score (nSPS) is 20.3. The maximum Gasteiger partial charge on any atom is 0.164 e. The van der Waals surface area contributed by atoms with E-state index in [9.17, 15) is 0 Å². The monoisotopic (exact) mass is 805 g/mol. The topological polar surface area (TPSA) is 115 Å². The molecule has 0 bridgehead atoms. The van der Waals surface area contributed by atoms with Gasteiger partial charge in [0, 0.05) is 87.1 Å². The van der Waals surface area contributed by atoms with E-state index in [1.165, 1.54) is 0 Å². The Hall–Kier alpha value is -7.78. The van der Waals surface area contributed by atoms with Gasteiger partial charge >= 0.3 is 0 Å². The van der Waals surface area contributed by atoms with Gasteiger partial charge in [-0.2, -0.15) is 0 Å². The Bertz CT molecular complexity index is 2930. The highest BCUT2D eigenvalue weighted by Crippen LogP contribution is 2.37. The second-order valence-electron chi connectivity index (χ2n) is 16.0. The Morgan fingerprint density at radius 2 is 1.29 bits per heavy atom. The molecule has 4 unspecified atom stereocenters. The third-order valence-electron chi connectivity index (χ3n) is 11.7. The number of allylic oxidation sites excluding steroid dienone is 7. The molecular formula is C53H43N9. The Labute approximate surface area is 361 Å². The van der Waals surface area contributed by atoms with Gasteiger partial charge in [0.25, 0.3) is 0 Å². The number of hydrogen-bond acceptors (Lipinski definition) is 9. The quantitative estimate of drug-likeness (QED) is 0.153. The number of hydrogen-bond donors (Lipinski definition) is 1. The van der Waals surface area contributed by atoms with E-state index in [0.717, 1.165) is 73.8 Å². The molecule has 9 heteroatoms. The molecule has 7 heterocycles. The van der Waals surface area contributed by atoms with Crippen LogP contribution in [-0.4, -0.2) is 47.1 Å². The van der Waals surface area contributed by atoms with E-state index in [2.05, 4.69) is 149 Å². The number of nitrogens with one attached hydrogen (secondary N) is 1. The van der Waals surface area contributed by atoms with Gasteiger partial charge in [0.1, 0.15) is 0 Å². The van der Waals surface area contributed by atoms with E-state index in [4.69, 9.17) is 24.9 Å². The van der Waals surface area contributed by atoms with Crippen LogP contribution in [0.15, 0.2) is 188 Å². The Balaban J connectivity index is 0.962. The lowest BCUT2D eigenvalue weighted by Crippen LogP contribution is -2.24. The summed E-state index contributed by atoms with van der Waals surface area (Å²) in [5, 5.41) is 3.65. The van der Waals surface area contributed by atoms with Gasteiger partial charge in [0.15, 0.2) is 17.5 Å². The van der Waals surface area contributed by atoms with Gasteiger partial charge in [-0.05, 0) is 79.6 Å². The van der Waals surface area contributed by atoms with Crippen LogP contribution in [-0.2, 0) is 5.41 Å². The van der Waals surface area contributed by atoms with Crippen LogP contribution in [0.5, 0.6) is 0 Å². The zero-order valence-corrected chi connectivity index (χ0v) is 34.4. The van der Waals surface area contributed by atoms with E-state index in [-0.39, 0.29) is 23.4 Å². The first-order valence-electron chi connectivity index (χ1n) is 20.9. The van der Waals surface area contributed by atoms with Gasteiger partial charge in [-0.25, -0.2) is 19.9 Å². The third kappa shape index (κ3) is 7.96. The average Bonchev–Trinajstić information content (AvgIpc) is 3.35. The summed E-state index contributed by atoms with van der Waals surface area (Å²) in [4.78, 5) is 38.6. The third-order valence-corrected chi connectivity index (χ3v) is 11.7. The second-order valence-corrected chi connectivity index (χ2v) is 16.0. The summed E-state index contributed by atoms with van der Waals surface area (Å²) in [6.45, 7) is 4.38. The SMILES string of the molecule is CC1N=CC=CC1c1cccc(C2(C)C=CC(c3nc(-c4ccc(-c5cccc(-c6cccnc6)n5)cc4)nc(-c4ccc(C5C=CC=C(c6cccnc6)N5)cc4)n3)=CC2)n1. The number of nitrogens with zero attached hydrogens (tertiary/aromatic N) is 8. The van der Waals surface area contributed by atoms with Crippen molar-refractivity contribution in [3.8, 4) is 45.3 Å². The molecule has 5 aromatic heterocycles. The molecule has 3 aliphatic rings. The van der Waals surface area contributed by atoms with Crippen molar-refractivity contribution in [3.05, 3.63) is 211 Å². The minimum atomic E-state index is -0.301. The minimum Gasteiger partial charge on any atom is -0.374 e. The molecule has 2 aromatic carbocycles. The van der Waals surface area contributed by atoms with Crippen LogP contribution in [0.1, 0.15) is 60.6 Å². The van der Waals surface area contributed by atoms with E-state index < -0.39 is 0 Å². The number of benzene rings is 2. The molecule has 1 N–H and O–H groups in total. The Morgan fingerprint density at radius 1 is 0.613 bits per heavy atom. The van der Waals surface area contributed by atoms with E-state index in [0.29, 0.717) is 17.5 Å². The van der Waals surface area contributed by atoms with Crippen LogP contribution in [0, 0.1) is 0 Å². The molecule has 2 aliphatic heterocycles. The average molecular weight is 806 g/mol. The van der Waals surface area contributed by atoms with Crippen molar-refractivity contribution in [2.75, 3.05) is 0 Å². The number of aliphatic imine (C=N–C) groups is 1. The summed E-state index contributed by atoms with van der Waals surface area (Å²) in [6, 6.07) is 37.2. The lowest BCUT2D eigenvalue weighted by Gasteiger charge is -2.29. The summed E-state index contributed by atoms with van der Waals surface area (Å²) in [7, 11) is 0. The van der Waals surface area contributed by atoms with E-state index in [1.807, 2.05) is 61.1 Å². The first-order valence-corrected chi connectivity index (χ1v) is 20.9. The van der Waals surface area contributed by atoms with Crippen molar-refractivity contribution in [2.45, 2.75) is 43.7 Å². The molecule has 0 fully saturated rings. The van der Waals surface area contributed by atoms with Crippen LogP contribution < -0.4 is 5.32 Å². The fourth-order valence-corrected chi connectivity index (χ4v) is 8.08. The maximum absolute atomic E-state index is 5.19. The highest BCUT2D eigenvalue weighted by atomic mass is 15.0. The number of aromatic nitrogens is 7. The smallest absolute Gasteiger partial charge is 0.164 e. The highest BCUT2D eigenvalue weighted by Gasteiger charge is 2.29. The Kier molecular flexibility index (Phi) is 10.3. The molecule has 0 radical (unpaired) electrons. The molecule has 62 heavy (non-hydrogen) atoms. The van der Waals surface area contributed by atoms with Crippen molar-refractivity contribution < 1.29 is 0 Å². The van der Waals surface area contributed by atoms with Gasteiger partial charge in [-0.15, -0.1) is 0 Å². The molecule has 300 valence electrons. The first-order chi connectivity index (χ1) is 30.5. The molecule has 0 amide bonds. The molecule has 0 spiro atoms. The van der Waals surface area contributed by atoms with Crippen molar-refractivity contribution >= 4 is 17.5 Å². The van der Waals surface area contributed by atoms with Gasteiger partial charge in [-0.1, -0.05) is 104 Å². The van der Waals surface area contributed by atoms with Crippen LogP contribution in [0.3, 0.4) is 0 Å². The summed E-state index contributed by atoms with van der Waals surface area (Å²) >= 11 is 0. The molecule has 4 atom stereocenters. The predicted octanol–water partition coefficient (Wildman–Crippen LogP) is 10.8. The van der Waals surface area contributed by atoms with Gasteiger partial charge in [0.2, 0.25) is 0 Å². The van der Waals surface area contributed by atoms with Gasteiger partial charge < -0.3 is 5.32 Å². The molecule has 0 saturated carbocycles. The Morgan fingerprint density at radius 3 is 1.98 bits per heavy atom. The molecule has 10 rings (SSSR count). The molecule has 0 saturated heterocycles. The molecular weight excluding hydrogens is 763 g/mol. The lowest BCUT2D eigenvalue weighted by atomic mass is 9.78. The summed E-state index contributed by atoms with van der Waals surface area (Å²) < 4.78 is 0. The highest BCUT2D eigenvalue weighted by molar-refractivity contribution is 5.76. The maximum atomic E-state index is 5.19. The summed E-state index contributed by atoms with van der Waals surface area (Å²) in [5.41, 5.74) is 11.4. The number of dihydropyridines is 2. The largest absolute Gasteiger partial charge is 0.374 e. The lowest BCUT2D eigenvalue weighted by molar-refractivity contribution is 0.567. The first kappa shape index (κ1) is 38.4. The summed E-state index contributed by atoms with van der Waals surface area (Å²) in [5.74, 6) is 1.96. The zero-order chi connectivity index (χ0) is 41.9. The number of rotatable bonds is 9. The van der Waals surface area contributed by atoms with Crippen LogP contribution in [0.25, 0.3) is 56.6 Å². The zero-order valence-electron chi connectivity index (χ0n) is 34.4. The standard InChI is InChI=1S/C53H43N9/c1-35-43(11-8-32-56-35)48-16-5-17-49(59-48)53(2)28-26-40(27-29-53)52-61-50(38-22-18-36(19-23-38)44-12-3-14-46(57-44)41-9-6-30-54-33-41)60-51(62-52)39-24-20-37(21-25-39)45-13-4-15-47(58-45)42-10-7-31-55-34-42/h3-28,30-35,43-44,57H,29H2,1-2H3. The van der Waals surface area contributed by atoms with E-state index in [1.54, 1.807) is 12.4 Å². The van der Waals surface area contributed by atoms with Crippen LogP contribution in [0.4, 0.5) is 0 Å². The fraction of sp³-hybridized carbons (Fsp3) is 0.132. The number of pyridine rings is 4. The molecule has 1 aliphatic carbocycles. The molecule has 9 nitrogen and oxygen atoms in total. The van der Waals surface area contributed by atoms with Crippen LogP contribution >= 0.6 is 0 Å². The van der Waals surface area contributed by atoms with Crippen molar-refractivity contribution in [1.82, 2.24) is 40.2 Å². The van der Waals surface area contributed by atoms with E-state index >= 15 is 0 Å². The van der Waals surface area contributed by atoms with Gasteiger partial charge in [-0.3, -0.25) is 19.9 Å². The van der Waals surface area contributed by atoms with Crippen molar-refractivity contribution in [1.29, 1.82) is 0 Å². The van der Waals surface area contributed by atoms with Gasteiger partial charge in [0.05, 0.1) is 29.2 Å². The minimum absolute atomic E-state index is 0.00450. The van der Waals surface area contributed by atoms with Crippen LogP contribution in [0.2, 0.25) is 0 Å². The van der Waals surface area contributed by atoms with Crippen molar-refractivity contribution in [2.24, 2.45) is 4.99 Å².